The van der Waals surface area contributed by atoms with E-state index in [4.69, 9.17) is 21.2 Å². The largest absolute Gasteiger partial charge is 0.478 e. The molecular weight excluding hydrogens is 394 g/mol. The summed E-state index contributed by atoms with van der Waals surface area (Å²) >= 11 is 7.27. The summed E-state index contributed by atoms with van der Waals surface area (Å²) in [5.41, 5.74) is 0.804. The fourth-order valence-electron chi connectivity index (χ4n) is 2.71. The summed E-state index contributed by atoms with van der Waals surface area (Å²) in [7, 11) is 0. The van der Waals surface area contributed by atoms with E-state index in [0.717, 1.165) is 4.88 Å². The van der Waals surface area contributed by atoms with Gasteiger partial charge in [0.25, 0.3) is 0 Å². The highest BCUT2D eigenvalue weighted by atomic mass is 35.5. The van der Waals surface area contributed by atoms with Gasteiger partial charge in [0.2, 0.25) is 0 Å². The lowest BCUT2D eigenvalue weighted by molar-refractivity contribution is 0.0679. The topological polar surface area (TPSA) is 118 Å². The van der Waals surface area contributed by atoms with Gasteiger partial charge in [0.05, 0.1) is 21.3 Å². The van der Waals surface area contributed by atoms with Gasteiger partial charge in [-0.05, 0) is 24.3 Å². The Hall–Kier alpha value is -3.17. The van der Waals surface area contributed by atoms with Crippen LogP contribution in [-0.2, 0) is 6.54 Å². The van der Waals surface area contributed by atoms with E-state index >= 15 is 0 Å². The monoisotopic (exact) mass is 403 g/mol. The quantitative estimate of drug-likeness (QED) is 0.519. The highest BCUT2D eigenvalue weighted by Gasteiger charge is 2.19. The minimum Gasteiger partial charge on any atom is -0.478 e. The number of rotatable bonds is 5. The van der Waals surface area contributed by atoms with Crippen molar-refractivity contribution in [3.63, 3.8) is 0 Å². The Labute approximate surface area is 160 Å². The third-order valence-corrected chi connectivity index (χ3v) is 5.14. The molecule has 136 valence electrons. The zero-order valence-corrected chi connectivity index (χ0v) is 15.0. The van der Waals surface area contributed by atoms with Crippen LogP contribution in [0.5, 0.6) is 0 Å². The van der Waals surface area contributed by atoms with E-state index in [-0.39, 0.29) is 17.8 Å². The zero-order chi connectivity index (χ0) is 19.1. The molecule has 2 N–H and O–H groups in total. The summed E-state index contributed by atoms with van der Waals surface area (Å²) in [4.78, 5) is 27.6. The number of carbonyl (C=O) groups is 2. The molecule has 10 heteroatoms. The van der Waals surface area contributed by atoms with E-state index < -0.39 is 11.9 Å². The van der Waals surface area contributed by atoms with E-state index in [1.54, 1.807) is 18.2 Å². The number of carboxylic acid groups (broad SMARTS) is 2. The molecule has 27 heavy (non-hydrogen) atoms. The number of thiophene rings is 1. The normalized spacial score (nSPS) is 11.1. The van der Waals surface area contributed by atoms with Crippen molar-refractivity contribution in [1.29, 1.82) is 0 Å². The van der Waals surface area contributed by atoms with Crippen LogP contribution in [0.15, 0.2) is 41.1 Å². The van der Waals surface area contributed by atoms with E-state index in [2.05, 4.69) is 10.1 Å². The molecule has 0 radical (unpaired) electrons. The summed E-state index contributed by atoms with van der Waals surface area (Å²) in [6, 6.07) is 8.02. The van der Waals surface area contributed by atoms with Crippen molar-refractivity contribution in [2.24, 2.45) is 0 Å². The molecule has 0 aromatic carbocycles. The molecule has 4 rings (SSSR count). The molecule has 4 aromatic heterocycles. The minimum atomic E-state index is -1.15. The average molecular weight is 404 g/mol. The van der Waals surface area contributed by atoms with Gasteiger partial charge in [-0.3, -0.25) is 0 Å². The first-order valence-corrected chi connectivity index (χ1v) is 8.79. The molecule has 0 bridgehead atoms. The molecule has 0 aliphatic rings. The maximum absolute atomic E-state index is 11.6. The van der Waals surface area contributed by atoms with Crippen molar-refractivity contribution >= 4 is 45.9 Å². The number of carboxylic acids is 2. The molecule has 0 amide bonds. The van der Waals surface area contributed by atoms with E-state index in [0.29, 0.717) is 26.8 Å². The number of aromatic nitrogens is 3. The lowest BCUT2D eigenvalue weighted by Crippen LogP contribution is -2.10. The number of aromatic carboxylic acids is 2. The maximum Gasteiger partial charge on any atom is 0.352 e. The number of hydrogen-bond acceptors (Lipinski definition) is 6. The summed E-state index contributed by atoms with van der Waals surface area (Å²) in [6.45, 7) is 0.104. The summed E-state index contributed by atoms with van der Waals surface area (Å²) in [6.07, 6.45) is 1.19. The Morgan fingerprint density at radius 1 is 1.19 bits per heavy atom. The van der Waals surface area contributed by atoms with Gasteiger partial charge in [-0.25, -0.2) is 14.6 Å². The second-order valence-electron chi connectivity index (χ2n) is 5.65. The van der Waals surface area contributed by atoms with Crippen LogP contribution in [0.4, 0.5) is 0 Å². The van der Waals surface area contributed by atoms with Crippen LogP contribution < -0.4 is 0 Å². The molecule has 4 aromatic rings. The van der Waals surface area contributed by atoms with Crippen molar-refractivity contribution in [2.45, 2.75) is 6.54 Å². The molecule has 0 unspecified atom stereocenters. The number of hydrogen-bond donors (Lipinski definition) is 2. The Balaban J connectivity index is 1.74. The van der Waals surface area contributed by atoms with Crippen molar-refractivity contribution < 1.29 is 24.3 Å². The molecule has 0 aliphatic carbocycles. The van der Waals surface area contributed by atoms with Gasteiger partial charge in [0, 0.05) is 17.6 Å². The molecule has 0 fully saturated rings. The van der Waals surface area contributed by atoms with E-state index in [1.165, 1.54) is 34.2 Å². The molecule has 0 aliphatic heterocycles. The van der Waals surface area contributed by atoms with Crippen molar-refractivity contribution in [1.82, 2.24) is 14.7 Å². The second-order valence-corrected chi connectivity index (χ2v) is 7.36. The van der Waals surface area contributed by atoms with E-state index in [9.17, 15) is 14.7 Å². The molecule has 4 heterocycles. The fourth-order valence-corrected chi connectivity index (χ4v) is 3.70. The predicted molar refractivity (Wildman–Crippen MR) is 97.6 cm³/mol. The molecule has 0 saturated carbocycles. The van der Waals surface area contributed by atoms with Gasteiger partial charge >= 0.3 is 11.9 Å². The van der Waals surface area contributed by atoms with Gasteiger partial charge in [-0.1, -0.05) is 16.8 Å². The van der Waals surface area contributed by atoms with Gasteiger partial charge in [0.15, 0.2) is 5.76 Å². The van der Waals surface area contributed by atoms with Gasteiger partial charge in [-0.2, -0.15) is 0 Å². The SMILES string of the molecule is O=C(O)c1cnc2c(c1)cc(C(=O)O)n2Cc1cc(-c2ccc(Cl)s2)on1. The van der Waals surface area contributed by atoms with Crippen LogP contribution in [-0.4, -0.2) is 36.9 Å². The van der Waals surface area contributed by atoms with E-state index in [1.807, 2.05) is 0 Å². The lowest BCUT2D eigenvalue weighted by atomic mass is 10.2. The summed E-state index contributed by atoms with van der Waals surface area (Å²) < 4.78 is 7.39. The van der Waals surface area contributed by atoms with Crippen LogP contribution in [0.25, 0.3) is 21.7 Å². The first-order chi connectivity index (χ1) is 12.9. The van der Waals surface area contributed by atoms with Crippen LogP contribution in [0.3, 0.4) is 0 Å². The van der Waals surface area contributed by atoms with Crippen LogP contribution in [0.1, 0.15) is 26.5 Å². The Bertz CT molecular complexity index is 1190. The molecule has 8 nitrogen and oxygen atoms in total. The second kappa shape index (κ2) is 6.53. The van der Waals surface area contributed by atoms with Crippen LogP contribution in [0, 0.1) is 0 Å². The summed E-state index contributed by atoms with van der Waals surface area (Å²) in [5.74, 6) is -1.76. The Kier molecular flexibility index (Phi) is 4.17. The van der Waals surface area contributed by atoms with Crippen LogP contribution >= 0.6 is 22.9 Å². The third kappa shape index (κ3) is 3.18. The third-order valence-electron chi connectivity index (χ3n) is 3.89. The zero-order valence-electron chi connectivity index (χ0n) is 13.4. The highest BCUT2D eigenvalue weighted by Crippen LogP contribution is 2.31. The number of fused-ring (bicyclic) bond motifs is 1. The highest BCUT2D eigenvalue weighted by molar-refractivity contribution is 7.19. The first kappa shape index (κ1) is 17.3. The number of pyridine rings is 1. The first-order valence-electron chi connectivity index (χ1n) is 7.59. The smallest absolute Gasteiger partial charge is 0.352 e. The number of nitrogens with zero attached hydrogens (tertiary/aromatic N) is 3. The van der Waals surface area contributed by atoms with Gasteiger partial charge < -0.3 is 19.3 Å². The number of halogens is 1. The standard InChI is InChI=1S/C17H10ClN3O5S/c18-14-2-1-13(27-14)12-5-10(20-26-12)7-21-11(17(24)25)4-8-3-9(16(22)23)6-19-15(8)21/h1-6H,7H2,(H,22,23)(H,24,25). The predicted octanol–water partition coefficient (Wildman–Crippen LogP) is 3.85. The molecular formula is C17H10ClN3O5S. The van der Waals surface area contributed by atoms with Gasteiger partial charge in [0.1, 0.15) is 17.0 Å². The molecule has 0 saturated heterocycles. The van der Waals surface area contributed by atoms with Crippen molar-refractivity contribution in [3.8, 4) is 10.6 Å². The Morgan fingerprint density at radius 2 is 2.00 bits per heavy atom. The summed E-state index contributed by atoms with van der Waals surface area (Å²) in [5, 5.41) is 23.0. The van der Waals surface area contributed by atoms with Crippen molar-refractivity contribution in [3.05, 3.63) is 57.8 Å². The van der Waals surface area contributed by atoms with Crippen molar-refractivity contribution in [2.75, 3.05) is 0 Å². The molecule has 0 spiro atoms. The lowest BCUT2D eigenvalue weighted by Gasteiger charge is -2.05. The minimum absolute atomic E-state index is 0.0186. The van der Waals surface area contributed by atoms with Crippen LogP contribution in [0.2, 0.25) is 4.34 Å². The van der Waals surface area contributed by atoms with Gasteiger partial charge in [-0.15, -0.1) is 11.3 Å². The maximum atomic E-state index is 11.6. The molecule has 0 atom stereocenters. The average Bonchev–Trinajstić information content (AvgIpc) is 3.33. The Morgan fingerprint density at radius 3 is 2.67 bits per heavy atom. The fraction of sp³-hybridized carbons (Fsp3) is 0.0588.